The number of nitrogens with zero attached hydrogens (tertiary/aromatic N) is 1. The molecule has 1 amide bonds. The highest BCUT2D eigenvalue weighted by molar-refractivity contribution is 6.09. The van der Waals surface area contributed by atoms with Crippen LogP contribution in [-0.4, -0.2) is 61.6 Å². The lowest BCUT2D eigenvalue weighted by Crippen LogP contribution is -2.43. The minimum Gasteiger partial charge on any atom is -0.492 e. The number of ether oxygens (including phenoxy) is 2. The number of carbonyl (C=O) groups excluding carboxylic acids is 1. The Morgan fingerprint density at radius 1 is 1.17 bits per heavy atom. The van der Waals surface area contributed by atoms with Gasteiger partial charge in [-0.3, -0.25) is 9.69 Å². The van der Waals surface area contributed by atoms with Gasteiger partial charge in [0.1, 0.15) is 24.2 Å². The molecule has 2 aliphatic rings. The van der Waals surface area contributed by atoms with Gasteiger partial charge in [0.2, 0.25) is 5.91 Å². The van der Waals surface area contributed by atoms with Gasteiger partial charge in [0.15, 0.2) is 0 Å². The fourth-order valence-electron chi connectivity index (χ4n) is 4.51. The molecule has 2 aromatic carbocycles. The quantitative estimate of drug-likeness (QED) is 0.673. The van der Waals surface area contributed by atoms with Gasteiger partial charge in [-0.2, -0.15) is 0 Å². The Balaban J connectivity index is 1.44. The van der Waals surface area contributed by atoms with Crippen molar-refractivity contribution in [1.82, 2.24) is 10.2 Å². The first kappa shape index (κ1) is 19.4. The van der Waals surface area contributed by atoms with Gasteiger partial charge in [-0.1, -0.05) is 12.1 Å². The van der Waals surface area contributed by atoms with E-state index in [1.165, 1.54) is 0 Å². The highest BCUT2D eigenvalue weighted by Crippen LogP contribution is 2.39. The Labute approximate surface area is 174 Å². The number of benzene rings is 2. The third-order valence-corrected chi connectivity index (χ3v) is 6.13. The molecule has 5 rings (SSSR count). The predicted octanol–water partition coefficient (Wildman–Crippen LogP) is 2.61. The minimum atomic E-state index is -0.907. The van der Waals surface area contributed by atoms with Crippen molar-refractivity contribution >= 4 is 27.6 Å². The second-order valence-electron chi connectivity index (χ2n) is 7.94. The molecule has 2 aliphatic heterocycles. The highest BCUT2D eigenvalue weighted by atomic mass is 16.5. The lowest BCUT2D eigenvalue weighted by Gasteiger charge is -2.28. The van der Waals surface area contributed by atoms with Crippen LogP contribution in [0.3, 0.4) is 0 Å². The largest absolute Gasteiger partial charge is 0.492 e. The number of rotatable bonds is 5. The van der Waals surface area contributed by atoms with Crippen molar-refractivity contribution < 1.29 is 23.8 Å². The Morgan fingerprint density at radius 2 is 2.03 bits per heavy atom. The first-order valence-corrected chi connectivity index (χ1v) is 10.5. The molecule has 0 saturated carbocycles. The SMILES string of the molecule is O=C1CCC(c2coc3ccc4c(OCCN5CCOCC5)cccc4c23)C(O)N1. The third kappa shape index (κ3) is 3.64. The molecule has 2 atom stereocenters. The van der Waals surface area contributed by atoms with Gasteiger partial charge in [-0.05, 0) is 30.0 Å². The summed E-state index contributed by atoms with van der Waals surface area (Å²) < 4.78 is 17.3. The van der Waals surface area contributed by atoms with Gasteiger partial charge in [0.25, 0.3) is 0 Å². The molecule has 2 saturated heterocycles. The van der Waals surface area contributed by atoms with Crippen LogP contribution in [0, 0.1) is 0 Å². The van der Waals surface area contributed by atoms with Crippen LogP contribution < -0.4 is 10.1 Å². The maximum Gasteiger partial charge on any atom is 0.222 e. The zero-order valence-corrected chi connectivity index (χ0v) is 16.8. The number of aliphatic hydroxyl groups is 1. The molecule has 0 aliphatic carbocycles. The molecular weight excluding hydrogens is 384 g/mol. The topological polar surface area (TPSA) is 84.2 Å². The summed E-state index contributed by atoms with van der Waals surface area (Å²) in [7, 11) is 0. The van der Waals surface area contributed by atoms with E-state index in [9.17, 15) is 9.90 Å². The zero-order chi connectivity index (χ0) is 20.5. The standard InChI is InChI=1S/C23H26N2O5/c26-21-7-5-17(23(27)24-21)18-14-30-20-6-4-15-16(22(18)20)2-1-3-19(15)29-13-10-25-8-11-28-12-9-25/h1-4,6,14,17,23,27H,5,7-13H2,(H,24,26). The summed E-state index contributed by atoms with van der Waals surface area (Å²) in [4.78, 5) is 13.9. The summed E-state index contributed by atoms with van der Waals surface area (Å²) in [5.74, 6) is 0.528. The fraction of sp³-hybridized carbons (Fsp3) is 0.435. The molecule has 2 N–H and O–H groups in total. The summed E-state index contributed by atoms with van der Waals surface area (Å²) in [5.41, 5.74) is 1.70. The van der Waals surface area contributed by atoms with Crippen molar-refractivity contribution in [3.05, 3.63) is 42.2 Å². The molecule has 30 heavy (non-hydrogen) atoms. The molecule has 7 heteroatoms. The molecule has 2 fully saturated rings. The molecule has 158 valence electrons. The number of furan rings is 1. The number of piperidine rings is 1. The van der Waals surface area contributed by atoms with Crippen LogP contribution in [0.4, 0.5) is 0 Å². The fourth-order valence-corrected chi connectivity index (χ4v) is 4.51. The van der Waals surface area contributed by atoms with Crippen molar-refractivity contribution in [2.75, 3.05) is 39.5 Å². The van der Waals surface area contributed by atoms with E-state index in [0.717, 1.165) is 65.9 Å². The normalized spacial score (nSPS) is 23.0. The van der Waals surface area contributed by atoms with Gasteiger partial charge in [-0.15, -0.1) is 0 Å². The molecule has 1 aromatic heterocycles. The van der Waals surface area contributed by atoms with Crippen molar-refractivity contribution in [3.63, 3.8) is 0 Å². The van der Waals surface area contributed by atoms with Gasteiger partial charge >= 0.3 is 0 Å². The number of hydrogen-bond donors (Lipinski definition) is 2. The van der Waals surface area contributed by atoms with E-state index >= 15 is 0 Å². The summed E-state index contributed by atoms with van der Waals surface area (Å²) >= 11 is 0. The molecular formula is C23H26N2O5. The lowest BCUT2D eigenvalue weighted by atomic mass is 9.88. The van der Waals surface area contributed by atoms with E-state index < -0.39 is 6.23 Å². The molecule has 2 unspecified atom stereocenters. The first-order chi connectivity index (χ1) is 14.7. The number of carbonyl (C=O) groups is 1. The molecule has 3 aromatic rings. The van der Waals surface area contributed by atoms with Gasteiger partial charge < -0.3 is 24.3 Å². The third-order valence-electron chi connectivity index (χ3n) is 6.13. The van der Waals surface area contributed by atoms with Crippen LogP contribution in [0.2, 0.25) is 0 Å². The number of fused-ring (bicyclic) bond motifs is 3. The van der Waals surface area contributed by atoms with E-state index in [1.54, 1.807) is 6.26 Å². The number of aliphatic hydroxyl groups excluding tert-OH is 1. The van der Waals surface area contributed by atoms with Crippen LogP contribution in [-0.2, 0) is 9.53 Å². The molecule has 0 radical (unpaired) electrons. The van der Waals surface area contributed by atoms with Crippen molar-refractivity contribution in [3.8, 4) is 5.75 Å². The maximum absolute atomic E-state index is 11.6. The van der Waals surface area contributed by atoms with E-state index in [-0.39, 0.29) is 11.8 Å². The van der Waals surface area contributed by atoms with Gasteiger partial charge in [0.05, 0.1) is 19.5 Å². The first-order valence-electron chi connectivity index (χ1n) is 10.5. The van der Waals surface area contributed by atoms with Crippen molar-refractivity contribution in [2.24, 2.45) is 0 Å². The highest BCUT2D eigenvalue weighted by Gasteiger charge is 2.31. The Morgan fingerprint density at radius 3 is 2.87 bits per heavy atom. The van der Waals surface area contributed by atoms with Crippen LogP contribution >= 0.6 is 0 Å². The van der Waals surface area contributed by atoms with Crippen molar-refractivity contribution in [2.45, 2.75) is 25.0 Å². The van der Waals surface area contributed by atoms with Gasteiger partial charge in [0, 0.05) is 48.3 Å². The van der Waals surface area contributed by atoms with E-state index in [0.29, 0.717) is 19.4 Å². The smallest absolute Gasteiger partial charge is 0.222 e. The molecule has 0 bridgehead atoms. The number of amides is 1. The second kappa shape index (κ2) is 8.26. The van der Waals surface area contributed by atoms with E-state index in [4.69, 9.17) is 13.9 Å². The number of nitrogens with one attached hydrogen (secondary N) is 1. The van der Waals surface area contributed by atoms with E-state index in [2.05, 4.69) is 16.3 Å². The number of morpholine rings is 1. The Bertz CT molecular complexity index is 1060. The Kier molecular flexibility index (Phi) is 5.33. The summed E-state index contributed by atoms with van der Waals surface area (Å²) in [5, 5.41) is 16.1. The van der Waals surface area contributed by atoms with Crippen LogP contribution in [0.1, 0.15) is 24.3 Å². The summed E-state index contributed by atoms with van der Waals surface area (Å²) in [6, 6.07) is 10.0. The van der Waals surface area contributed by atoms with Crippen LogP contribution in [0.15, 0.2) is 41.0 Å². The zero-order valence-electron chi connectivity index (χ0n) is 16.8. The molecule has 7 nitrogen and oxygen atoms in total. The average molecular weight is 410 g/mol. The monoisotopic (exact) mass is 410 g/mol. The van der Waals surface area contributed by atoms with E-state index in [1.807, 2.05) is 24.3 Å². The van der Waals surface area contributed by atoms with Crippen molar-refractivity contribution in [1.29, 1.82) is 0 Å². The second-order valence-corrected chi connectivity index (χ2v) is 7.94. The average Bonchev–Trinajstić information content (AvgIpc) is 3.19. The lowest BCUT2D eigenvalue weighted by molar-refractivity contribution is -0.127. The Hall–Kier alpha value is -2.61. The molecule has 3 heterocycles. The van der Waals surface area contributed by atoms with Crippen LogP contribution in [0.5, 0.6) is 5.75 Å². The number of hydrogen-bond acceptors (Lipinski definition) is 6. The van der Waals surface area contributed by atoms with Gasteiger partial charge in [-0.25, -0.2) is 0 Å². The maximum atomic E-state index is 11.6. The molecule has 0 spiro atoms. The van der Waals surface area contributed by atoms with Crippen LogP contribution in [0.25, 0.3) is 21.7 Å². The minimum absolute atomic E-state index is 0.118. The summed E-state index contributed by atoms with van der Waals surface area (Å²) in [6.07, 6.45) is 1.79. The summed E-state index contributed by atoms with van der Waals surface area (Å²) in [6.45, 7) is 4.93. The predicted molar refractivity (Wildman–Crippen MR) is 113 cm³/mol.